The lowest BCUT2D eigenvalue weighted by Gasteiger charge is -2.06. The van der Waals surface area contributed by atoms with Gasteiger partial charge in [-0.1, -0.05) is 0 Å². The lowest BCUT2D eigenvalue weighted by molar-refractivity contribution is 0.140. The van der Waals surface area contributed by atoms with E-state index in [0.29, 0.717) is 0 Å². The Morgan fingerprint density at radius 1 is 1.60 bits per heavy atom. The molecule has 0 spiro atoms. The average molecular weight is 171 g/mol. The Balaban J connectivity index is 3.38. The van der Waals surface area contributed by atoms with Gasteiger partial charge in [-0.3, -0.25) is 4.52 Å². The summed E-state index contributed by atoms with van der Waals surface area (Å²) in [6.45, 7) is -0.161. The van der Waals surface area contributed by atoms with Gasteiger partial charge in [0.25, 0.3) is 0 Å². The van der Waals surface area contributed by atoms with Gasteiger partial charge in [0.1, 0.15) is 0 Å². The Kier molecular flexibility index (Phi) is 4.80. The third-order valence-corrected chi connectivity index (χ3v) is 1.47. The van der Waals surface area contributed by atoms with E-state index in [4.69, 9.17) is 10.00 Å². The molecule has 0 saturated heterocycles. The molecule has 0 aromatic carbocycles. The number of aliphatic hydroxyl groups excluding tert-OH is 1. The van der Waals surface area contributed by atoms with Crippen LogP contribution in [0.25, 0.3) is 0 Å². The van der Waals surface area contributed by atoms with Crippen LogP contribution in [0.2, 0.25) is 0 Å². The third-order valence-electron chi connectivity index (χ3n) is 0.690. The van der Waals surface area contributed by atoms with Gasteiger partial charge in [0.2, 0.25) is 0 Å². The van der Waals surface area contributed by atoms with Gasteiger partial charge in [0.15, 0.2) is 0 Å². The summed E-state index contributed by atoms with van der Waals surface area (Å²) in [7, 11) is -4.04. The van der Waals surface area contributed by atoms with Crippen molar-refractivity contribution in [2.45, 2.75) is 6.42 Å². The lowest BCUT2D eigenvalue weighted by Crippen LogP contribution is -2.02. The molecule has 0 aliphatic heterocycles. The summed E-state index contributed by atoms with van der Waals surface area (Å²) in [5, 5.41) is 8.21. The monoisotopic (exact) mass is 171 g/mol. The van der Waals surface area contributed by atoms with Gasteiger partial charge in [0, 0.05) is 6.61 Å². The predicted molar refractivity (Wildman–Crippen MR) is 32.8 cm³/mol. The maximum Gasteiger partial charge on any atom is 0.488 e. The smallest absolute Gasteiger partial charge is 0.396 e. The summed E-state index contributed by atoms with van der Waals surface area (Å²) in [6.07, 6.45) is 0.272. The molecular weight excluding hydrogens is 161 g/mol. The highest BCUT2D eigenvalue weighted by atomic mass is 31.2. The van der Waals surface area contributed by atoms with Crippen molar-refractivity contribution < 1.29 is 23.7 Å². The maximum atomic E-state index is 10.4. The minimum atomic E-state index is -4.04. The average Bonchev–Trinajstić information content (AvgIpc) is 1.89. The zero-order valence-electron chi connectivity index (χ0n) is 5.27. The van der Waals surface area contributed by atoms with Crippen molar-refractivity contribution in [2.24, 2.45) is 5.90 Å². The first-order chi connectivity index (χ1) is 4.62. The molecule has 10 heavy (non-hydrogen) atoms. The Bertz CT molecular complexity index is 128. The molecule has 0 aliphatic carbocycles. The van der Waals surface area contributed by atoms with Gasteiger partial charge in [-0.05, 0) is 6.42 Å². The predicted octanol–water partition coefficient (Wildman–Crippen LogP) is -0.624. The van der Waals surface area contributed by atoms with E-state index >= 15 is 0 Å². The molecule has 4 N–H and O–H groups in total. The fourth-order valence-electron chi connectivity index (χ4n) is 0.275. The van der Waals surface area contributed by atoms with E-state index in [1.54, 1.807) is 0 Å². The van der Waals surface area contributed by atoms with E-state index in [0.717, 1.165) is 0 Å². The van der Waals surface area contributed by atoms with Gasteiger partial charge in [-0.25, -0.2) is 15.1 Å². The van der Waals surface area contributed by atoms with E-state index in [1.807, 2.05) is 0 Å². The van der Waals surface area contributed by atoms with Crippen LogP contribution in [-0.2, 0) is 13.7 Å². The highest BCUT2D eigenvalue weighted by Crippen LogP contribution is 2.40. The van der Waals surface area contributed by atoms with Crippen LogP contribution in [0.4, 0.5) is 0 Å². The van der Waals surface area contributed by atoms with Crippen LogP contribution in [0.3, 0.4) is 0 Å². The summed E-state index contributed by atoms with van der Waals surface area (Å²) >= 11 is 0. The second kappa shape index (κ2) is 4.79. The van der Waals surface area contributed by atoms with E-state index in [9.17, 15) is 4.57 Å². The fraction of sp³-hybridized carbons (Fsp3) is 1.00. The number of hydrogen-bond acceptors (Lipinski definition) is 5. The molecule has 0 bridgehead atoms. The first kappa shape index (κ1) is 10.0. The van der Waals surface area contributed by atoms with E-state index in [1.165, 1.54) is 0 Å². The zero-order valence-corrected chi connectivity index (χ0v) is 6.16. The summed E-state index contributed by atoms with van der Waals surface area (Å²) in [4.78, 5) is 8.45. The molecule has 6 nitrogen and oxygen atoms in total. The minimum absolute atomic E-state index is 0.0541. The number of phosphoric ester groups is 1. The molecule has 0 aliphatic rings. The fourth-order valence-corrected chi connectivity index (χ4v) is 0.696. The van der Waals surface area contributed by atoms with Crippen LogP contribution in [-0.4, -0.2) is 23.2 Å². The summed E-state index contributed by atoms with van der Waals surface area (Å²) in [5.74, 6) is 4.39. The Hall–Kier alpha value is 0.0300. The second-order valence-electron chi connectivity index (χ2n) is 1.48. The summed E-state index contributed by atoms with van der Waals surface area (Å²) < 4.78 is 18.2. The van der Waals surface area contributed by atoms with Crippen molar-refractivity contribution in [1.82, 2.24) is 0 Å². The van der Waals surface area contributed by atoms with Crippen LogP contribution in [0.5, 0.6) is 0 Å². The van der Waals surface area contributed by atoms with Crippen LogP contribution >= 0.6 is 7.82 Å². The SMILES string of the molecule is NOP(=O)(O)OCCCO. The Morgan fingerprint density at radius 3 is 2.60 bits per heavy atom. The number of nitrogens with two attached hydrogens (primary N) is 1. The highest BCUT2D eigenvalue weighted by Gasteiger charge is 2.18. The van der Waals surface area contributed by atoms with Gasteiger partial charge in [-0.2, -0.15) is 0 Å². The Labute approximate surface area is 58.1 Å². The first-order valence-corrected chi connectivity index (χ1v) is 4.08. The highest BCUT2D eigenvalue weighted by molar-refractivity contribution is 7.47. The largest absolute Gasteiger partial charge is 0.488 e. The normalized spacial score (nSPS) is 16.7. The molecule has 0 aromatic heterocycles. The van der Waals surface area contributed by atoms with Crippen molar-refractivity contribution in [1.29, 1.82) is 0 Å². The first-order valence-electron chi connectivity index (χ1n) is 2.59. The van der Waals surface area contributed by atoms with Crippen molar-refractivity contribution in [2.75, 3.05) is 13.2 Å². The van der Waals surface area contributed by atoms with E-state index in [2.05, 4.69) is 15.0 Å². The molecule has 0 aromatic rings. The van der Waals surface area contributed by atoms with Crippen LogP contribution in [0.1, 0.15) is 6.42 Å². The molecule has 7 heteroatoms. The summed E-state index contributed by atoms with van der Waals surface area (Å²) in [6, 6.07) is 0. The molecule has 62 valence electrons. The van der Waals surface area contributed by atoms with Crippen molar-refractivity contribution in [3.8, 4) is 0 Å². The standard InChI is InChI=1S/C3H10NO5P/c4-9-10(6,7)8-3-1-2-5/h5H,1-4H2,(H,6,7). The van der Waals surface area contributed by atoms with E-state index in [-0.39, 0.29) is 19.6 Å². The van der Waals surface area contributed by atoms with Crippen LogP contribution < -0.4 is 5.90 Å². The van der Waals surface area contributed by atoms with Crippen molar-refractivity contribution in [3.05, 3.63) is 0 Å². The molecule has 0 radical (unpaired) electrons. The van der Waals surface area contributed by atoms with Gasteiger partial charge in [0.05, 0.1) is 6.61 Å². The molecule has 1 atom stereocenters. The lowest BCUT2D eigenvalue weighted by atomic mass is 10.5. The van der Waals surface area contributed by atoms with Crippen LogP contribution in [0.15, 0.2) is 0 Å². The van der Waals surface area contributed by atoms with Crippen molar-refractivity contribution in [3.63, 3.8) is 0 Å². The molecule has 0 rings (SSSR count). The zero-order chi connectivity index (χ0) is 8.04. The molecule has 0 saturated carbocycles. The van der Waals surface area contributed by atoms with Gasteiger partial charge in [-0.15, -0.1) is 0 Å². The number of aliphatic hydroxyl groups is 1. The topological polar surface area (TPSA) is 102 Å². The number of hydrogen-bond donors (Lipinski definition) is 3. The maximum absolute atomic E-state index is 10.4. The molecular formula is C3H10NO5P. The second-order valence-corrected chi connectivity index (χ2v) is 2.89. The van der Waals surface area contributed by atoms with E-state index < -0.39 is 7.82 Å². The molecule has 0 heterocycles. The third kappa shape index (κ3) is 4.87. The molecule has 0 amide bonds. The van der Waals surface area contributed by atoms with Crippen LogP contribution in [0, 0.1) is 0 Å². The number of rotatable bonds is 5. The molecule has 1 unspecified atom stereocenters. The minimum Gasteiger partial charge on any atom is -0.396 e. The Morgan fingerprint density at radius 2 is 2.20 bits per heavy atom. The summed E-state index contributed by atoms with van der Waals surface area (Å²) in [5.41, 5.74) is 0. The van der Waals surface area contributed by atoms with Gasteiger partial charge < -0.3 is 10.00 Å². The quantitative estimate of drug-likeness (QED) is 0.289. The molecule has 0 fully saturated rings. The number of phosphoric acid groups is 1. The van der Waals surface area contributed by atoms with Gasteiger partial charge >= 0.3 is 7.82 Å². The van der Waals surface area contributed by atoms with Crippen molar-refractivity contribution >= 4 is 7.82 Å².